The number of hydrogen-bond donors (Lipinski definition) is 3. The standard InChI is InChI=1S/C22H23N3O6S/c1-14-4-2-5-18(20(14)27)25-9-8-23-22(25)32(29,30)11-3-10-31-16-6-7-17-15(12-16)13-19(26)21(28)24-17/h2,4-9,12,19,26-27H,3,10-11,13H2,1H3,(H,24,28). The number of fused-ring (bicyclic) bond motifs is 1. The van der Waals surface area contributed by atoms with E-state index in [1.54, 1.807) is 43.3 Å². The number of nitrogens with zero attached hydrogens (tertiary/aromatic N) is 2. The molecule has 0 radical (unpaired) electrons. The van der Waals surface area contributed by atoms with Crippen LogP contribution in [0.5, 0.6) is 11.5 Å². The van der Waals surface area contributed by atoms with Crippen LogP contribution in [0.2, 0.25) is 0 Å². The first kappa shape index (κ1) is 21.8. The third-order valence-corrected chi connectivity index (χ3v) is 6.92. The zero-order valence-corrected chi connectivity index (χ0v) is 18.2. The highest BCUT2D eigenvalue weighted by atomic mass is 32.2. The van der Waals surface area contributed by atoms with E-state index in [1.807, 2.05) is 0 Å². The van der Waals surface area contributed by atoms with Crippen LogP contribution in [0.25, 0.3) is 5.69 Å². The predicted molar refractivity (Wildman–Crippen MR) is 117 cm³/mol. The molecule has 1 aromatic heterocycles. The third kappa shape index (κ3) is 4.32. The molecule has 2 heterocycles. The minimum absolute atomic E-state index is 0.000925. The number of benzene rings is 2. The summed E-state index contributed by atoms with van der Waals surface area (Å²) in [5, 5.41) is 22.5. The van der Waals surface area contributed by atoms with Crippen LogP contribution in [0.1, 0.15) is 17.5 Å². The lowest BCUT2D eigenvalue weighted by atomic mass is 10.0. The Bertz CT molecular complexity index is 1270. The summed E-state index contributed by atoms with van der Waals surface area (Å²) in [7, 11) is -3.73. The van der Waals surface area contributed by atoms with Gasteiger partial charge in [-0.25, -0.2) is 13.4 Å². The first-order valence-corrected chi connectivity index (χ1v) is 11.7. The fourth-order valence-electron chi connectivity index (χ4n) is 3.54. The topological polar surface area (TPSA) is 131 Å². The van der Waals surface area contributed by atoms with Crippen molar-refractivity contribution in [2.45, 2.75) is 31.0 Å². The first-order chi connectivity index (χ1) is 15.3. The number of aryl methyl sites for hydroxylation is 1. The van der Waals surface area contributed by atoms with Gasteiger partial charge in [0.1, 0.15) is 17.6 Å². The van der Waals surface area contributed by atoms with Gasteiger partial charge in [0.2, 0.25) is 15.0 Å². The molecule has 1 atom stereocenters. The van der Waals surface area contributed by atoms with E-state index >= 15 is 0 Å². The highest BCUT2D eigenvalue weighted by Gasteiger charge is 2.25. The lowest BCUT2D eigenvalue weighted by Gasteiger charge is -2.21. The van der Waals surface area contributed by atoms with Crippen molar-refractivity contribution in [2.75, 3.05) is 17.7 Å². The lowest BCUT2D eigenvalue weighted by molar-refractivity contribution is -0.124. The summed E-state index contributed by atoms with van der Waals surface area (Å²) in [5.41, 5.74) is 2.36. The number of aliphatic hydroxyl groups is 1. The second-order valence-electron chi connectivity index (χ2n) is 7.57. The van der Waals surface area contributed by atoms with Gasteiger partial charge in [-0.05, 0) is 48.7 Å². The van der Waals surface area contributed by atoms with Crippen LogP contribution in [-0.4, -0.2) is 52.6 Å². The van der Waals surface area contributed by atoms with Crippen molar-refractivity contribution < 1.29 is 28.2 Å². The molecule has 1 aliphatic heterocycles. The monoisotopic (exact) mass is 457 g/mol. The molecule has 0 spiro atoms. The smallest absolute Gasteiger partial charge is 0.253 e. The number of rotatable bonds is 7. The number of amides is 1. The molecular formula is C22H23N3O6S. The molecule has 10 heteroatoms. The summed E-state index contributed by atoms with van der Waals surface area (Å²) in [4.78, 5) is 15.5. The Balaban J connectivity index is 1.40. The van der Waals surface area contributed by atoms with Crippen LogP contribution in [0.3, 0.4) is 0 Å². The number of hydrogen-bond acceptors (Lipinski definition) is 7. The Morgan fingerprint density at radius 1 is 1.28 bits per heavy atom. The summed E-state index contributed by atoms with van der Waals surface area (Å²) in [6, 6.07) is 10.2. The van der Waals surface area contributed by atoms with Crippen LogP contribution in [0.4, 0.5) is 5.69 Å². The molecule has 1 amide bonds. The Morgan fingerprint density at radius 3 is 2.91 bits per heavy atom. The number of imidazole rings is 1. The van der Waals surface area contributed by atoms with Crippen LogP contribution < -0.4 is 10.1 Å². The van der Waals surface area contributed by atoms with Crippen molar-refractivity contribution in [3.05, 3.63) is 59.9 Å². The van der Waals surface area contributed by atoms with E-state index in [4.69, 9.17) is 4.74 Å². The maximum atomic E-state index is 12.9. The van der Waals surface area contributed by atoms with Gasteiger partial charge in [0.05, 0.1) is 18.0 Å². The summed E-state index contributed by atoms with van der Waals surface area (Å²) in [6.07, 6.45) is 2.20. The number of aromatic hydroxyl groups is 1. The highest BCUT2D eigenvalue weighted by molar-refractivity contribution is 7.91. The van der Waals surface area contributed by atoms with Gasteiger partial charge in [0.25, 0.3) is 5.91 Å². The number of aliphatic hydroxyl groups excluding tert-OH is 1. The molecule has 3 aromatic rings. The number of nitrogens with one attached hydrogen (secondary N) is 1. The van der Waals surface area contributed by atoms with Crippen LogP contribution in [-0.2, 0) is 21.1 Å². The second kappa shape index (κ2) is 8.64. The van der Waals surface area contributed by atoms with Crippen molar-refractivity contribution in [2.24, 2.45) is 0 Å². The Kier molecular flexibility index (Phi) is 5.90. The average molecular weight is 458 g/mol. The third-order valence-electron chi connectivity index (χ3n) is 5.24. The normalized spacial score (nSPS) is 15.8. The van der Waals surface area contributed by atoms with E-state index in [2.05, 4.69) is 10.3 Å². The van der Waals surface area contributed by atoms with Gasteiger partial charge in [0.15, 0.2) is 0 Å². The molecule has 168 valence electrons. The zero-order chi connectivity index (χ0) is 22.9. The molecule has 0 fully saturated rings. The zero-order valence-electron chi connectivity index (χ0n) is 17.4. The Morgan fingerprint density at radius 2 is 2.09 bits per heavy atom. The van der Waals surface area contributed by atoms with E-state index < -0.39 is 21.8 Å². The first-order valence-electron chi connectivity index (χ1n) is 10.1. The van der Waals surface area contributed by atoms with Crippen molar-refractivity contribution >= 4 is 21.4 Å². The quantitative estimate of drug-likeness (QED) is 0.463. The average Bonchev–Trinajstić information content (AvgIpc) is 3.25. The highest BCUT2D eigenvalue weighted by Crippen LogP contribution is 2.29. The minimum Gasteiger partial charge on any atom is -0.505 e. The Labute approximate surface area is 185 Å². The SMILES string of the molecule is Cc1cccc(-n2ccnc2S(=O)(=O)CCCOc2ccc3c(c2)CC(O)C(=O)N3)c1O. The van der Waals surface area contributed by atoms with E-state index in [0.717, 1.165) is 5.56 Å². The van der Waals surface area contributed by atoms with Crippen LogP contribution in [0, 0.1) is 6.92 Å². The van der Waals surface area contributed by atoms with Crippen molar-refractivity contribution in [3.8, 4) is 17.2 Å². The molecule has 3 N–H and O–H groups in total. The summed E-state index contributed by atoms with van der Waals surface area (Å²) >= 11 is 0. The number of para-hydroxylation sites is 1. The van der Waals surface area contributed by atoms with Crippen molar-refractivity contribution in [1.29, 1.82) is 0 Å². The molecule has 0 saturated heterocycles. The number of aromatic nitrogens is 2. The molecular weight excluding hydrogens is 434 g/mol. The summed E-state index contributed by atoms with van der Waals surface area (Å²) in [6.45, 7) is 1.89. The Hall–Kier alpha value is -3.37. The lowest BCUT2D eigenvalue weighted by Crippen LogP contribution is -2.34. The molecule has 0 aliphatic carbocycles. The van der Waals surface area contributed by atoms with Gasteiger partial charge >= 0.3 is 0 Å². The molecule has 9 nitrogen and oxygen atoms in total. The van der Waals surface area contributed by atoms with Gasteiger partial charge in [-0.15, -0.1) is 0 Å². The van der Waals surface area contributed by atoms with E-state index in [9.17, 15) is 23.4 Å². The maximum absolute atomic E-state index is 12.9. The maximum Gasteiger partial charge on any atom is 0.253 e. The summed E-state index contributed by atoms with van der Waals surface area (Å²) in [5.74, 6) is -0.0977. The largest absolute Gasteiger partial charge is 0.505 e. The van der Waals surface area contributed by atoms with Crippen LogP contribution in [0.15, 0.2) is 53.9 Å². The van der Waals surface area contributed by atoms with E-state index in [0.29, 0.717) is 22.7 Å². The molecule has 1 aliphatic rings. The van der Waals surface area contributed by atoms with Gasteiger partial charge in [-0.2, -0.15) is 0 Å². The fourth-order valence-corrected chi connectivity index (χ4v) is 4.90. The second-order valence-corrected chi connectivity index (χ2v) is 9.57. The number of carbonyl (C=O) groups is 1. The van der Waals surface area contributed by atoms with Gasteiger partial charge in [-0.1, -0.05) is 12.1 Å². The van der Waals surface area contributed by atoms with Gasteiger partial charge < -0.3 is 20.3 Å². The number of phenols is 1. The molecule has 0 bridgehead atoms. The number of sulfone groups is 1. The number of anilines is 1. The molecule has 4 rings (SSSR count). The summed E-state index contributed by atoms with van der Waals surface area (Å²) < 4.78 is 32.8. The fraction of sp³-hybridized carbons (Fsp3) is 0.273. The molecule has 0 saturated carbocycles. The van der Waals surface area contributed by atoms with Crippen LogP contribution >= 0.6 is 0 Å². The number of ether oxygens (including phenoxy) is 1. The minimum atomic E-state index is -3.73. The molecule has 1 unspecified atom stereocenters. The number of carbonyl (C=O) groups excluding carboxylic acids is 1. The molecule has 32 heavy (non-hydrogen) atoms. The van der Waals surface area contributed by atoms with Gasteiger partial charge in [0, 0.05) is 24.5 Å². The van der Waals surface area contributed by atoms with Gasteiger partial charge in [-0.3, -0.25) is 9.36 Å². The van der Waals surface area contributed by atoms with E-state index in [1.165, 1.54) is 17.0 Å². The number of phenolic OH excluding ortho intramolecular Hbond substituents is 1. The van der Waals surface area contributed by atoms with Crippen molar-refractivity contribution in [1.82, 2.24) is 9.55 Å². The van der Waals surface area contributed by atoms with Crippen molar-refractivity contribution in [3.63, 3.8) is 0 Å². The molecule has 2 aromatic carbocycles. The van der Waals surface area contributed by atoms with E-state index in [-0.39, 0.29) is 36.1 Å². The predicted octanol–water partition coefficient (Wildman–Crippen LogP) is 1.98.